The zero-order chi connectivity index (χ0) is 13.2. The van der Waals surface area contributed by atoms with Crippen LogP contribution in [0.3, 0.4) is 0 Å². The van der Waals surface area contributed by atoms with Gasteiger partial charge in [-0.2, -0.15) is 0 Å². The molecule has 1 atom stereocenters. The van der Waals surface area contributed by atoms with Crippen molar-refractivity contribution in [1.82, 2.24) is 4.98 Å². The molecule has 94 valence electrons. The summed E-state index contributed by atoms with van der Waals surface area (Å²) in [5.41, 5.74) is 7.22. The number of aryl methyl sites for hydroxylation is 2. The van der Waals surface area contributed by atoms with Crippen LogP contribution in [0.25, 0.3) is 0 Å². The molecule has 0 bridgehead atoms. The molecule has 5 nitrogen and oxygen atoms in total. The maximum absolute atomic E-state index is 11.9. The summed E-state index contributed by atoms with van der Waals surface area (Å²) in [4.78, 5) is 4.11. The van der Waals surface area contributed by atoms with E-state index in [2.05, 4.69) is 21.9 Å². The van der Waals surface area contributed by atoms with Crippen LogP contribution in [0, 0.1) is 13.8 Å². The first-order chi connectivity index (χ1) is 7.74. The van der Waals surface area contributed by atoms with Crippen molar-refractivity contribution >= 4 is 32.9 Å². The van der Waals surface area contributed by atoms with Gasteiger partial charge in [-0.05, 0) is 32.9 Å². The molecule has 1 heterocycles. The molecule has 0 fully saturated rings. The number of pyridine rings is 1. The number of aromatic nitrogens is 1. The number of nitrogens with two attached hydrogens (primary N) is 1. The number of hydrogen-bond acceptors (Lipinski definition) is 4. The second-order valence-electron chi connectivity index (χ2n) is 3.78. The topological polar surface area (TPSA) is 85.1 Å². The van der Waals surface area contributed by atoms with E-state index >= 15 is 0 Å². The van der Waals surface area contributed by atoms with Crippen LogP contribution in [0.4, 0.5) is 5.69 Å². The van der Waals surface area contributed by atoms with Crippen molar-refractivity contribution < 1.29 is 8.42 Å². The van der Waals surface area contributed by atoms with Crippen LogP contribution in [0.5, 0.6) is 0 Å². The van der Waals surface area contributed by atoms with Crippen LogP contribution in [-0.2, 0) is 10.0 Å². The summed E-state index contributed by atoms with van der Waals surface area (Å²) in [6.07, 6.45) is 0. The SMILES string of the molecule is Cc1ccc(NS(=O)(=O)C(C)C(N)=S)c(C)n1. The molecule has 1 aromatic rings. The highest BCUT2D eigenvalue weighted by Crippen LogP contribution is 2.16. The Morgan fingerprint density at radius 1 is 1.47 bits per heavy atom. The number of hydrogen-bond donors (Lipinski definition) is 2. The molecule has 17 heavy (non-hydrogen) atoms. The Morgan fingerprint density at radius 3 is 2.53 bits per heavy atom. The van der Waals surface area contributed by atoms with Crippen molar-refractivity contribution in [2.45, 2.75) is 26.0 Å². The fourth-order valence-corrected chi connectivity index (χ4v) is 2.57. The summed E-state index contributed by atoms with van der Waals surface area (Å²) in [5, 5.41) is -0.918. The van der Waals surface area contributed by atoms with Gasteiger partial charge in [-0.15, -0.1) is 0 Å². The molecule has 0 saturated heterocycles. The summed E-state index contributed by atoms with van der Waals surface area (Å²) in [6.45, 7) is 5.01. The van der Waals surface area contributed by atoms with Gasteiger partial charge < -0.3 is 5.73 Å². The Balaban J connectivity index is 3.02. The third-order valence-corrected chi connectivity index (χ3v) is 4.54. The maximum Gasteiger partial charge on any atom is 0.241 e. The molecule has 0 radical (unpaired) electrons. The van der Waals surface area contributed by atoms with Crippen LogP contribution in [0.2, 0.25) is 0 Å². The Morgan fingerprint density at radius 2 is 2.06 bits per heavy atom. The Bertz CT molecular complexity index is 540. The number of rotatable bonds is 4. The third kappa shape index (κ3) is 3.37. The minimum absolute atomic E-state index is 0.0600. The molecule has 0 spiro atoms. The number of nitrogens with zero attached hydrogens (tertiary/aromatic N) is 1. The van der Waals surface area contributed by atoms with E-state index in [0.29, 0.717) is 11.4 Å². The van der Waals surface area contributed by atoms with Gasteiger partial charge in [0.2, 0.25) is 10.0 Å². The lowest BCUT2D eigenvalue weighted by Gasteiger charge is -2.14. The van der Waals surface area contributed by atoms with Crippen LogP contribution < -0.4 is 10.5 Å². The molecular formula is C10H15N3O2S2. The lowest BCUT2D eigenvalue weighted by Crippen LogP contribution is -2.35. The van der Waals surface area contributed by atoms with Gasteiger partial charge in [-0.25, -0.2) is 8.42 Å². The Kier molecular flexibility index (Phi) is 4.05. The molecule has 1 aromatic heterocycles. The molecule has 0 aliphatic carbocycles. The summed E-state index contributed by atoms with van der Waals surface area (Å²) >= 11 is 4.68. The normalized spacial score (nSPS) is 13.1. The molecule has 0 aliphatic rings. The van der Waals surface area contributed by atoms with Crippen molar-refractivity contribution in [3.05, 3.63) is 23.5 Å². The number of sulfonamides is 1. The Hall–Kier alpha value is -1.21. The van der Waals surface area contributed by atoms with Gasteiger partial charge in [0.25, 0.3) is 0 Å². The first-order valence-electron chi connectivity index (χ1n) is 4.99. The van der Waals surface area contributed by atoms with Crippen molar-refractivity contribution in [1.29, 1.82) is 0 Å². The average Bonchev–Trinajstić information content (AvgIpc) is 2.21. The lowest BCUT2D eigenvalue weighted by atomic mass is 10.3. The van der Waals surface area contributed by atoms with Gasteiger partial charge in [0, 0.05) is 5.69 Å². The molecule has 1 unspecified atom stereocenters. The molecule has 0 amide bonds. The maximum atomic E-state index is 11.9. The van der Waals surface area contributed by atoms with Crippen LogP contribution in [-0.4, -0.2) is 23.6 Å². The van der Waals surface area contributed by atoms with Crippen molar-refractivity contribution in [2.75, 3.05) is 4.72 Å². The van der Waals surface area contributed by atoms with Gasteiger partial charge in [-0.1, -0.05) is 12.2 Å². The van der Waals surface area contributed by atoms with Gasteiger partial charge in [-0.3, -0.25) is 9.71 Å². The van der Waals surface area contributed by atoms with Gasteiger partial charge in [0.05, 0.1) is 16.4 Å². The molecule has 0 aromatic carbocycles. The standard InChI is InChI=1S/C10H15N3O2S2/c1-6-4-5-9(7(2)12-6)13-17(14,15)8(3)10(11)16/h4-5,8,13H,1-3H3,(H2,11,16). The minimum Gasteiger partial charge on any atom is -0.392 e. The van der Waals surface area contributed by atoms with Crippen molar-refractivity contribution in [2.24, 2.45) is 5.73 Å². The largest absolute Gasteiger partial charge is 0.392 e. The van der Waals surface area contributed by atoms with E-state index in [1.807, 2.05) is 6.92 Å². The van der Waals surface area contributed by atoms with E-state index in [-0.39, 0.29) is 4.99 Å². The highest BCUT2D eigenvalue weighted by molar-refractivity contribution is 7.95. The second-order valence-corrected chi connectivity index (χ2v) is 6.25. The first kappa shape index (κ1) is 13.9. The summed E-state index contributed by atoms with van der Waals surface area (Å²) < 4.78 is 26.2. The van der Waals surface area contributed by atoms with Crippen LogP contribution in [0.15, 0.2) is 12.1 Å². The van der Waals surface area contributed by atoms with E-state index in [1.165, 1.54) is 6.92 Å². The summed E-state index contributed by atoms with van der Waals surface area (Å²) in [5.74, 6) is 0. The second kappa shape index (κ2) is 4.97. The minimum atomic E-state index is -3.60. The van der Waals surface area contributed by atoms with Gasteiger partial charge >= 0.3 is 0 Å². The quantitative estimate of drug-likeness (QED) is 0.803. The highest BCUT2D eigenvalue weighted by atomic mass is 32.2. The highest BCUT2D eigenvalue weighted by Gasteiger charge is 2.23. The first-order valence-corrected chi connectivity index (χ1v) is 6.94. The number of anilines is 1. The fraction of sp³-hybridized carbons (Fsp3) is 0.400. The summed E-state index contributed by atoms with van der Waals surface area (Å²) in [7, 11) is -3.60. The van der Waals surface area contributed by atoms with E-state index in [1.54, 1.807) is 19.1 Å². The van der Waals surface area contributed by atoms with Gasteiger partial charge in [0.15, 0.2) is 0 Å². The van der Waals surface area contributed by atoms with E-state index in [9.17, 15) is 8.42 Å². The number of thiocarbonyl (C=S) groups is 1. The third-order valence-electron chi connectivity index (χ3n) is 2.34. The predicted molar refractivity (Wildman–Crippen MR) is 72.5 cm³/mol. The average molecular weight is 273 g/mol. The van der Waals surface area contributed by atoms with Crippen LogP contribution in [0.1, 0.15) is 18.3 Å². The summed E-state index contributed by atoms with van der Waals surface area (Å²) in [6, 6.07) is 3.40. The molecule has 1 rings (SSSR count). The molecule has 0 aliphatic heterocycles. The van der Waals surface area contributed by atoms with Gasteiger partial charge in [0.1, 0.15) is 5.25 Å². The predicted octanol–water partition coefficient (Wildman–Crippen LogP) is 1.11. The zero-order valence-electron chi connectivity index (χ0n) is 9.89. The molecule has 3 N–H and O–H groups in total. The number of nitrogens with one attached hydrogen (secondary N) is 1. The smallest absolute Gasteiger partial charge is 0.241 e. The van der Waals surface area contributed by atoms with E-state index in [0.717, 1.165) is 5.69 Å². The fourth-order valence-electron chi connectivity index (χ4n) is 1.19. The van der Waals surface area contributed by atoms with Crippen molar-refractivity contribution in [3.8, 4) is 0 Å². The van der Waals surface area contributed by atoms with Crippen LogP contribution >= 0.6 is 12.2 Å². The van der Waals surface area contributed by atoms with E-state index in [4.69, 9.17) is 5.73 Å². The molecule has 0 saturated carbocycles. The molecular weight excluding hydrogens is 258 g/mol. The lowest BCUT2D eigenvalue weighted by molar-refractivity contribution is 0.598. The zero-order valence-corrected chi connectivity index (χ0v) is 11.5. The monoisotopic (exact) mass is 273 g/mol. The Labute approximate surface area is 106 Å². The molecule has 7 heteroatoms. The van der Waals surface area contributed by atoms with E-state index < -0.39 is 15.3 Å². The van der Waals surface area contributed by atoms with Crippen molar-refractivity contribution in [3.63, 3.8) is 0 Å².